The smallest absolute Gasteiger partial charge is 0.250 e. The first-order chi connectivity index (χ1) is 8.72. The van der Waals surface area contributed by atoms with Crippen LogP contribution in [0.25, 0.3) is 11.5 Å². The number of hydrogen-bond donors (Lipinski definition) is 1. The Morgan fingerprint density at radius 2 is 2.22 bits per heavy atom. The van der Waals surface area contributed by atoms with Crippen molar-refractivity contribution in [3.8, 4) is 11.5 Å². The first-order valence-corrected chi connectivity index (χ1v) is 6.49. The summed E-state index contributed by atoms with van der Waals surface area (Å²) in [6, 6.07) is 4.96. The zero-order valence-electron chi connectivity index (χ0n) is 9.91. The predicted molar refractivity (Wildman–Crippen MR) is 69.4 cm³/mol. The van der Waals surface area contributed by atoms with E-state index < -0.39 is 5.82 Å². The van der Waals surface area contributed by atoms with Crippen LogP contribution in [-0.4, -0.2) is 16.7 Å². The van der Waals surface area contributed by atoms with Gasteiger partial charge in [0.2, 0.25) is 5.89 Å². The Hall–Kier alpha value is -1.27. The number of hydrogen-bond acceptors (Lipinski definition) is 4. The number of nitrogens with one attached hydrogen (secondary N) is 1. The average molecular weight is 314 g/mol. The molecule has 1 aromatic heterocycles. The van der Waals surface area contributed by atoms with Gasteiger partial charge in [-0.3, -0.25) is 0 Å². The third kappa shape index (κ3) is 2.94. The van der Waals surface area contributed by atoms with Crippen LogP contribution in [0.3, 0.4) is 0 Å². The fourth-order valence-corrected chi connectivity index (χ4v) is 1.84. The summed E-state index contributed by atoms with van der Waals surface area (Å²) in [5.74, 6) is 0.258. The van der Waals surface area contributed by atoms with E-state index in [0.29, 0.717) is 22.5 Å². The van der Waals surface area contributed by atoms with Crippen LogP contribution in [0.15, 0.2) is 27.1 Å². The summed E-state index contributed by atoms with van der Waals surface area (Å²) in [7, 11) is 0. The third-order valence-corrected chi connectivity index (χ3v) is 2.96. The Morgan fingerprint density at radius 3 is 3.00 bits per heavy atom. The van der Waals surface area contributed by atoms with Gasteiger partial charge in [-0.2, -0.15) is 0 Å². The van der Waals surface area contributed by atoms with Crippen molar-refractivity contribution < 1.29 is 8.81 Å². The van der Waals surface area contributed by atoms with E-state index in [4.69, 9.17) is 4.42 Å². The van der Waals surface area contributed by atoms with Crippen LogP contribution < -0.4 is 5.32 Å². The highest BCUT2D eigenvalue weighted by molar-refractivity contribution is 9.10. The molecule has 0 amide bonds. The van der Waals surface area contributed by atoms with Gasteiger partial charge in [-0.15, -0.1) is 10.2 Å². The van der Waals surface area contributed by atoms with Gasteiger partial charge in [-0.1, -0.05) is 13.0 Å². The molecule has 1 heterocycles. The largest absolute Gasteiger partial charge is 0.419 e. The summed E-state index contributed by atoms with van der Waals surface area (Å²) < 4.78 is 19.6. The quantitative estimate of drug-likeness (QED) is 0.862. The second kappa shape index (κ2) is 6.06. The molecule has 6 heteroatoms. The summed E-state index contributed by atoms with van der Waals surface area (Å²) >= 11 is 3.12. The van der Waals surface area contributed by atoms with Crippen LogP contribution in [0.2, 0.25) is 0 Å². The van der Waals surface area contributed by atoms with Crippen LogP contribution in [-0.2, 0) is 6.54 Å². The minimum absolute atomic E-state index is 0.196. The Balaban J connectivity index is 2.16. The molecule has 0 saturated carbocycles. The van der Waals surface area contributed by atoms with E-state index >= 15 is 0 Å². The molecule has 2 aromatic rings. The summed E-state index contributed by atoms with van der Waals surface area (Å²) in [6.45, 7) is 3.45. The monoisotopic (exact) mass is 313 g/mol. The van der Waals surface area contributed by atoms with Crippen LogP contribution >= 0.6 is 15.9 Å². The highest BCUT2D eigenvalue weighted by atomic mass is 79.9. The van der Waals surface area contributed by atoms with Crippen molar-refractivity contribution in [3.63, 3.8) is 0 Å². The molecule has 0 fully saturated rings. The number of nitrogens with zero attached hydrogens (tertiary/aromatic N) is 2. The first-order valence-electron chi connectivity index (χ1n) is 5.70. The SMILES string of the molecule is CCCNCc1nnc(-c2cccc(Br)c2F)o1. The molecule has 4 nitrogen and oxygen atoms in total. The van der Waals surface area contributed by atoms with E-state index in [0.717, 1.165) is 13.0 Å². The van der Waals surface area contributed by atoms with Gasteiger partial charge in [-0.05, 0) is 41.0 Å². The third-order valence-electron chi connectivity index (χ3n) is 2.35. The van der Waals surface area contributed by atoms with E-state index in [1.54, 1.807) is 18.2 Å². The van der Waals surface area contributed by atoms with Gasteiger partial charge in [0.15, 0.2) is 0 Å². The van der Waals surface area contributed by atoms with Crippen molar-refractivity contribution in [2.45, 2.75) is 19.9 Å². The lowest BCUT2D eigenvalue weighted by Crippen LogP contribution is -2.13. The lowest BCUT2D eigenvalue weighted by atomic mass is 10.2. The molecule has 0 aliphatic carbocycles. The molecule has 0 unspecified atom stereocenters. The molecule has 96 valence electrons. The predicted octanol–water partition coefficient (Wildman–Crippen LogP) is 3.14. The van der Waals surface area contributed by atoms with Crippen LogP contribution in [0.5, 0.6) is 0 Å². The standard InChI is InChI=1S/C12H13BrFN3O/c1-2-6-15-7-10-16-17-12(18-10)8-4-3-5-9(13)11(8)14/h3-5,15H,2,6-7H2,1H3. The Bertz CT molecular complexity index is 530. The van der Waals surface area contributed by atoms with E-state index in [-0.39, 0.29) is 5.89 Å². The highest BCUT2D eigenvalue weighted by Crippen LogP contribution is 2.26. The zero-order chi connectivity index (χ0) is 13.0. The molecule has 1 N–H and O–H groups in total. The van der Waals surface area contributed by atoms with Gasteiger partial charge in [0.1, 0.15) is 5.82 Å². The lowest BCUT2D eigenvalue weighted by molar-refractivity contribution is 0.475. The summed E-state index contributed by atoms with van der Waals surface area (Å²) in [5.41, 5.74) is 0.304. The van der Waals surface area contributed by atoms with Crippen molar-refractivity contribution in [3.05, 3.63) is 34.4 Å². The molecule has 2 rings (SSSR count). The van der Waals surface area contributed by atoms with Crippen molar-refractivity contribution in [1.82, 2.24) is 15.5 Å². The summed E-state index contributed by atoms with van der Waals surface area (Å²) in [5, 5.41) is 10.9. The molecule has 0 saturated heterocycles. The maximum Gasteiger partial charge on any atom is 0.250 e. The summed E-state index contributed by atoms with van der Waals surface area (Å²) in [4.78, 5) is 0. The van der Waals surface area contributed by atoms with Crippen molar-refractivity contribution in [2.24, 2.45) is 0 Å². The Kier molecular flexibility index (Phi) is 4.43. The number of halogens is 2. The van der Waals surface area contributed by atoms with Crippen LogP contribution in [0.1, 0.15) is 19.2 Å². The molecule has 0 aliphatic heterocycles. The fraction of sp³-hybridized carbons (Fsp3) is 0.333. The minimum atomic E-state index is -0.394. The topological polar surface area (TPSA) is 51.0 Å². The number of rotatable bonds is 5. The van der Waals surface area contributed by atoms with Gasteiger partial charge in [0, 0.05) is 0 Å². The molecule has 0 bridgehead atoms. The maximum atomic E-state index is 13.8. The van der Waals surface area contributed by atoms with E-state index in [1.807, 2.05) is 0 Å². The molecule has 1 aromatic carbocycles. The maximum absolute atomic E-state index is 13.8. The van der Waals surface area contributed by atoms with Crippen LogP contribution in [0.4, 0.5) is 4.39 Å². The molecular formula is C12H13BrFN3O. The second-order valence-corrected chi connectivity index (χ2v) is 4.63. The van der Waals surface area contributed by atoms with Gasteiger partial charge >= 0.3 is 0 Å². The lowest BCUT2D eigenvalue weighted by Gasteiger charge is -1.99. The average Bonchev–Trinajstić information content (AvgIpc) is 2.82. The molecule has 0 atom stereocenters. The Labute approximate surface area is 113 Å². The van der Waals surface area contributed by atoms with E-state index in [1.165, 1.54) is 0 Å². The zero-order valence-corrected chi connectivity index (χ0v) is 11.5. The second-order valence-electron chi connectivity index (χ2n) is 3.78. The van der Waals surface area contributed by atoms with Crippen LogP contribution in [0, 0.1) is 5.82 Å². The molecule has 18 heavy (non-hydrogen) atoms. The normalized spacial score (nSPS) is 10.8. The van der Waals surface area contributed by atoms with Gasteiger partial charge in [0.25, 0.3) is 5.89 Å². The van der Waals surface area contributed by atoms with E-state index in [9.17, 15) is 4.39 Å². The van der Waals surface area contributed by atoms with Crippen molar-refractivity contribution >= 4 is 15.9 Å². The minimum Gasteiger partial charge on any atom is -0.419 e. The van der Waals surface area contributed by atoms with Gasteiger partial charge < -0.3 is 9.73 Å². The summed E-state index contributed by atoms with van der Waals surface area (Å²) in [6.07, 6.45) is 1.03. The number of benzene rings is 1. The first kappa shape index (κ1) is 13.2. The molecular weight excluding hydrogens is 301 g/mol. The molecule has 0 radical (unpaired) electrons. The van der Waals surface area contributed by atoms with Crippen molar-refractivity contribution in [2.75, 3.05) is 6.54 Å². The van der Waals surface area contributed by atoms with E-state index in [2.05, 4.69) is 38.4 Å². The molecule has 0 spiro atoms. The molecule has 0 aliphatic rings. The Morgan fingerprint density at radius 1 is 1.39 bits per heavy atom. The highest BCUT2D eigenvalue weighted by Gasteiger charge is 2.14. The number of aromatic nitrogens is 2. The fourth-order valence-electron chi connectivity index (χ4n) is 1.47. The van der Waals surface area contributed by atoms with Crippen molar-refractivity contribution in [1.29, 1.82) is 0 Å². The van der Waals surface area contributed by atoms with Gasteiger partial charge in [-0.25, -0.2) is 4.39 Å². The van der Waals surface area contributed by atoms with Gasteiger partial charge in [0.05, 0.1) is 16.6 Å².